The largest absolute Gasteiger partial charge is 0.312 e. The van der Waals surface area contributed by atoms with Gasteiger partial charge in [-0.15, -0.1) is 0 Å². The molecule has 0 spiro atoms. The van der Waals surface area contributed by atoms with Crippen LogP contribution < -0.4 is 10.0 Å². The van der Waals surface area contributed by atoms with Crippen molar-refractivity contribution in [3.63, 3.8) is 0 Å². The molecule has 0 saturated carbocycles. The predicted octanol–water partition coefficient (Wildman–Crippen LogP) is 0.161. The Morgan fingerprint density at radius 1 is 1.44 bits per heavy atom. The second-order valence-electron chi connectivity index (χ2n) is 5.23. The van der Waals surface area contributed by atoms with Crippen molar-refractivity contribution in [2.45, 2.75) is 32.7 Å². The summed E-state index contributed by atoms with van der Waals surface area (Å²) in [5.41, 5.74) is 0.146. The normalized spacial score (nSPS) is 25.9. The molecule has 1 fully saturated rings. The number of nitrogens with one attached hydrogen (secondary N) is 2. The van der Waals surface area contributed by atoms with Crippen molar-refractivity contribution in [3.8, 4) is 0 Å². The Morgan fingerprint density at radius 2 is 2.06 bits per heavy atom. The summed E-state index contributed by atoms with van der Waals surface area (Å²) in [6.45, 7) is 5.77. The van der Waals surface area contributed by atoms with Gasteiger partial charge in [0.2, 0.25) is 0 Å². The zero-order valence-electron chi connectivity index (χ0n) is 10.6. The minimum absolute atomic E-state index is 0.146. The lowest BCUT2D eigenvalue weighted by molar-refractivity contribution is 0.181. The molecule has 0 aromatic rings. The van der Waals surface area contributed by atoms with Crippen molar-refractivity contribution in [2.24, 2.45) is 5.41 Å². The molecule has 0 amide bonds. The molecule has 1 heterocycles. The van der Waals surface area contributed by atoms with E-state index >= 15 is 0 Å². The average Bonchev–Trinajstić information content (AvgIpc) is 2.15. The van der Waals surface area contributed by atoms with Gasteiger partial charge in [0.25, 0.3) is 10.2 Å². The summed E-state index contributed by atoms with van der Waals surface area (Å²) in [7, 11) is -0.245. The van der Waals surface area contributed by atoms with Crippen LogP contribution in [0.5, 0.6) is 0 Å². The molecule has 0 aromatic carbocycles. The minimum Gasteiger partial charge on any atom is -0.312 e. The molecule has 1 rings (SSSR count). The third kappa shape index (κ3) is 3.41. The van der Waals surface area contributed by atoms with Gasteiger partial charge >= 0.3 is 0 Å². The second-order valence-corrected chi connectivity index (χ2v) is 7.20. The molecular weight excluding hydrogens is 226 g/mol. The highest BCUT2D eigenvalue weighted by Crippen LogP contribution is 2.29. The summed E-state index contributed by atoms with van der Waals surface area (Å²) >= 11 is 0. The highest BCUT2D eigenvalue weighted by atomic mass is 32.2. The van der Waals surface area contributed by atoms with E-state index in [1.807, 2.05) is 0 Å². The summed E-state index contributed by atoms with van der Waals surface area (Å²) in [6, 6.07) is 0.205. The monoisotopic (exact) mass is 249 g/mol. The number of piperidine rings is 1. The number of hydrogen-bond acceptors (Lipinski definition) is 3. The lowest BCUT2D eigenvalue weighted by atomic mass is 9.78. The second kappa shape index (κ2) is 5.00. The minimum atomic E-state index is -3.30. The van der Waals surface area contributed by atoms with Crippen molar-refractivity contribution >= 4 is 10.2 Å². The fourth-order valence-electron chi connectivity index (χ4n) is 1.94. The van der Waals surface area contributed by atoms with Gasteiger partial charge in [0.15, 0.2) is 0 Å². The molecule has 1 saturated heterocycles. The molecule has 1 unspecified atom stereocenters. The highest BCUT2D eigenvalue weighted by Gasteiger charge is 2.32. The number of hydrogen-bond donors (Lipinski definition) is 2. The van der Waals surface area contributed by atoms with Crippen LogP contribution in [0, 0.1) is 5.41 Å². The first-order valence-corrected chi connectivity index (χ1v) is 7.10. The van der Waals surface area contributed by atoms with Crippen molar-refractivity contribution < 1.29 is 8.42 Å². The van der Waals surface area contributed by atoms with Gasteiger partial charge in [0.1, 0.15) is 0 Å². The lowest BCUT2D eigenvalue weighted by Crippen LogP contribution is -2.53. The summed E-state index contributed by atoms with van der Waals surface area (Å²) in [6.07, 6.45) is 2.29. The van der Waals surface area contributed by atoms with E-state index in [1.54, 1.807) is 0 Å². The fourth-order valence-corrected chi connectivity index (χ4v) is 2.57. The molecule has 1 aliphatic heterocycles. The van der Waals surface area contributed by atoms with Crippen LogP contribution in [0.1, 0.15) is 26.7 Å². The van der Waals surface area contributed by atoms with Gasteiger partial charge < -0.3 is 5.32 Å². The molecule has 0 aliphatic carbocycles. The Bertz CT molecular complexity index is 325. The standard InChI is InChI=1S/C10H23N3O2S/c1-10(2)6-5-7-11-9(10)8-12-16(14,15)13(3)4/h9,11-12H,5-8H2,1-4H3. The molecule has 96 valence electrons. The maximum Gasteiger partial charge on any atom is 0.278 e. The van der Waals surface area contributed by atoms with E-state index in [0.29, 0.717) is 6.54 Å². The lowest BCUT2D eigenvalue weighted by Gasteiger charge is -2.39. The molecule has 16 heavy (non-hydrogen) atoms. The van der Waals surface area contributed by atoms with E-state index in [0.717, 1.165) is 19.4 Å². The molecule has 0 aromatic heterocycles. The van der Waals surface area contributed by atoms with Crippen LogP contribution in [0.15, 0.2) is 0 Å². The van der Waals surface area contributed by atoms with E-state index in [-0.39, 0.29) is 11.5 Å². The van der Waals surface area contributed by atoms with E-state index < -0.39 is 10.2 Å². The number of rotatable bonds is 4. The first-order chi connectivity index (χ1) is 7.26. The molecular formula is C10H23N3O2S. The van der Waals surface area contributed by atoms with Crippen LogP contribution in [0.25, 0.3) is 0 Å². The predicted molar refractivity (Wildman–Crippen MR) is 65.4 cm³/mol. The van der Waals surface area contributed by atoms with E-state index in [1.165, 1.54) is 18.4 Å². The van der Waals surface area contributed by atoms with E-state index in [4.69, 9.17) is 0 Å². The first kappa shape index (κ1) is 13.9. The van der Waals surface area contributed by atoms with Crippen LogP contribution in [0.3, 0.4) is 0 Å². The zero-order valence-corrected chi connectivity index (χ0v) is 11.4. The summed E-state index contributed by atoms with van der Waals surface area (Å²) in [4.78, 5) is 0. The van der Waals surface area contributed by atoms with Gasteiger partial charge in [-0.1, -0.05) is 13.8 Å². The van der Waals surface area contributed by atoms with Crippen molar-refractivity contribution in [2.75, 3.05) is 27.2 Å². The average molecular weight is 249 g/mol. The van der Waals surface area contributed by atoms with Gasteiger partial charge in [-0.25, -0.2) is 4.72 Å². The highest BCUT2D eigenvalue weighted by molar-refractivity contribution is 7.87. The molecule has 0 bridgehead atoms. The van der Waals surface area contributed by atoms with Crippen LogP contribution in [0.4, 0.5) is 0 Å². The smallest absolute Gasteiger partial charge is 0.278 e. The maximum absolute atomic E-state index is 11.6. The third-order valence-electron chi connectivity index (χ3n) is 3.28. The van der Waals surface area contributed by atoms with Gasteiger partial charge in [-0.3, -0.25) is 0 Å². The Hall–Kier alpha value is -0.170. The zero-order chi connectivity index (χ0) is 12.4. The molecule has 1 aliphatic rings. The van der Waals surface area contributed by atoms with E-state index in [2.05, 4.69) is 23.9 Å². The fraction of sp³-hybridized carbons (Fsp3) is 1.00. The van der Waals surface area contributed by atoms with Crippen molar-refractivity contribution in [1.29, 1.82) is 0 Å². The molecule has 5 nitrogen and oxygen atoms in total. The quantitative estimate of drug-likeness (QED) is 0.746. The van der Waals surface area contributed by atoms with E-state index in [9.17, 15) is 8.42 Å². The van der Waals surface area contributed by atoms with Crippen LogP contribution in [0.2, 0.25) is 0 Å². The molecule has 2 N–H and O–H groups in total. The summed E-state index contributed by atoms with van der Waals surface area (Å²) in [5.74, 6) is 0. The van der Waals surface area contributed by atoms with Crippen molar-refractivity contribution in [1.82, 2.24) is 14.3 Å². The van der Waals surface area contributed by atoms with Crippen LogP contribution in [-0.2, 0) is 10.2 Å². The Balaban J connectivity index is 2.55. The van der Waals surface area contributed by atoms with Crippen molar-refractivity contribution in [3.05, 3.63) is 0 Å². The Labute approximate surface area is 98.8 Å². The first-order valence-electron chi connectivity index (χ1n) is 5.66. The van der Waals surface area contributed by atoms with Crippen LogP contribution >= 0.6 is 0 Å². The van der Waals surface area contributed by atoms with Crippen LogP contribution in [-0.4, -0.2) is 45.9 Å². The van der Waals surface area contributed by atoms with Gasteiger partial charge in [0, 0.05) is 26.7 Å². The Kier molecular flexibility index (Phi) is 4.34. The molecule has 6 heteroatoms. The third-order valence-corrected chi connectivity index (χ3v) is 4.78. The topological polar surface area (TPSA) is 61.4 Å². The summed E-state index contributed by atoms with van der Waals surface area (Å²) in [5, 5.41) is 3.38. The Morgan fingerprint density at radius 3 is 2.56 bits per heavy atom. The maximum atomic E-state index is 11.6. The molecule has 1 atom stereocenters. The number of nitrogens with zero attached hydrogens (tertiary/aromatic N) is 1. The molecule has 0 radical (unpaired) electrons. The van der Waals surface area contributed by atoms with Gasteiger partial charge in [0.05, 0.1) is 0 Å². The van der Waals surface area contributed by atoms with Gasteiger partial charge in [-0.05, 0) is 24.8 Å². The van der Waals surface area contributed by atoms with Gasteiger partial charge in [-0.2, -0.15) is 12.7 Å². The summed E-state index contributed by atoms with van der Waals surface area (Å²) < 4.78 is 27.0. The SMILES string of the molecule is CN(C)S(=O)(=O)NCC1NCCCC1(C)C.